The van der Waals surface area contributed by atoms with Crippen LogP contribution in [-0.2, 0) is 0 Å². The van der Waals surface area contributed by atoms with Gasteiger partial charge in [-0.05, 0) is 23.3 Å². The lowest BCUT2D eigenvalue weighted by Gasteiger charge is -2.12. The minimum absolute atomic E-state index is 0.0469. The zero-order valence-electron chi connectivity index (χ0n) is 9.48. The van der Waals surface area contributed by atoms with Gasteiger partial charge in [-0.25, -0.2) is 0 Å². The molecule has 16 heavy (non-hydrogen) atoms. The topological polar surface area (TPSA) is 46.2 Å². The van der Waals surface area contributed by atoms with Crippen LogP contribution in [0.15, 0.2) is 36.4 Å². The molecule has 2 heteroatoms. The lowest BCUT2D eigenvalue weighted by molar-refractivity contribution is 0.268. The van der Waals surface area contributed by atoms with E-state index in [1.54, 1.807) is 0 Å². The summed E-state index contributed by atoms with van der Waals surface area (Å²) in [5, 5.41) is 11.7. The minimum atomic E-state index is 0.0469. The highest BCUT2D eigenvalue weighted by molar-refractivity contribution is 5.83. The van der Waals surface area contributed by atoms with Gasteiger partial charge in [-0.1, -0.05) is 42.0 Å². The summed E-state index contributed by atoms with van der Waals surface area (Å²) >= 11 is 0. The predicted molar refractivity (Wildman–Crippen MR) is 67.6 cm³/mol. The Morgan fingerprint density at radius 1 is 1.12 bits per heavy atom. The number of hydrogen-bond donors (Lipinski definition) is 2. The second kappa shape index (κ2) is 4.64. The van der Waals surface area contributed by atoms with Crippen molar-refractivity contribution < 1.29 is 5.11 Å². The SMILES string of the molecule is Cc1ccc2cc(C(CN)CO)ccc2c1. The second-order valence-corrected chi connectivity index (χ2v) is 4.23. The molecule has 0 radical (unpaired) electrons. The van der Waals surface area contributed by atoms with Gasteiger partial charge in [-0.15, -0.1) is 0 Å². The van der Waals surface area contributed by atoms with Crippen molar-refractivity contribution in [1.82, 2.24) is 0 Å². The Balaban J connectivity index is 2.47. The minimum Gasteiger partial charge on any atom is -0.396 e. The van der Waals surface area contributed by atoms with Gasteiger partial charge in [0.2, 0.25) is 0 Å². The average Bonchev–Trinajstić information content (AvgIpc) is 2.31. The first-order valence-electron chi connectivity index (χ1n) is 5.56. The van der Waals surface area contributed by atoms with Gasteiger partial charge >= 0.3 is 0 Å². The van der Waals surface area contributed by atoms with E-state index in [0.29, 0.717) is 6.54 Å². The molecule has 0 fully saturated rings. The third kappa shape index (κ3) is 2.08. The van der Waals surface area contributed by atoms with E-state index in [1.165, 1.54) is 16.3 Å². The third-order valence-corrected chi connectivity index (χ3v) is 3.00. The first kappa shape index (κ1) is 11.1. The molecule has 0 heterocycles. The van der Waals surface area contributed by atoms with Gasteiger partial charge in [-0.3, -0.25) is 0 Å². The van der Waals surface area contributed by atoms with Crippen molar-refractivity contribution in [3.8, 4) is 0 Å². The summed E-state index contributed by atoms with van der Waals surface area (Å²) in [7, 11) is 0. The number of aryl methyl sites for hydroxylation is 1. The molecule has 2 rings (SSSR count). The summed E-state index contributed by atoms with van der Waals surface area (Å²) < 4.78 is 0. The summed E-state index contributed by atoms with van der Waals surface area (Å²) in [5.74, 6) is 0.0469. The quantitative estimate of drug-likeness (QED) is 0.824. The van der Waals surface area contributed by atoms with Gasteiger partial charge in [0, 0.05) is 12.5 Å². The molecule has 3 N–H and O–H groups in total. The molecular formula is C14H17NO. The van der Waals surface area contributed by atoms with Crippen molar-refractivity contribution in [3.63, 3.8) is 0 Å². The molecule has 0 saturated heterocycles. The van der Waals surface area contributed by atoms with E-state index in [4.69, 9.17) is 5.73 Å². The van der Waals surface area contributed by atoms with Crippen LogP contribution in [0.1, 0.15) is 17.0 Å². The summed E-state index contributed by atoms with van der Waals surface area (Å²) in [6, 6.07) is 12.6. The molecule has 0 aliphatic rings. The zero-order chi connectivity index (χ0) is 11.5. The maximum atomic E-state index is 9.22. The Kier molecular flexibility index (Phi) is 3.22. The summed E-state index contributed by atoms with van der Waals surface area (Å²) in [6.45, 7) is 2.67. The van der Waals surface area contributed by atoms with E-state index in [0.717, 1.165) is 5.56 Å². The monoisotopic (exact) mass is 215 g/mol. The van der Waals surface area contributed by atoms with Crippen LogP contribution in [0.5, 0.6) is 0 Å². The summed E-state index contributed by atoms with van der Waals surface area (Å²) in [4.78, 5) is 0. The van der Waals surface area contributed by atoms with Crippen LogP contribution in [-0.4, -0.2) is 18.3 Å². The second-order valence-electron chi connectivity index (χ2n) is 4.23. The Bertz CT molecular complexity index is 489. The number of hydrogen-bond acceptors (Lipinski definition) is 2. The highest BCUT2D eigenvalue weighted by atomic mass is 16.3. The molecule has 84 valence electrons. The predicted octanol–water partition coefficient (Wildman–Crippen LogP) is 2.18. The molecule has 2 aromatic carbocycles. The summed E-state index contributed by atoms with van der Waals surface area (Å²) in [6.07, 6.45) is 0. The van der Waals surface area contributed by atoms with Crippen molar-refractivity contribution in [2.45, 2.75) is 12.8 Å². The molecule has 0 bridgehead atoms. The number of benzene rings is 2. The molecule has 1 atom stereocenters. The molecule has 0 aliphatic carbocycles. The Morgan fingerprint density at radius 2 is 1.81 bits per heavy atom. The first-order valence-corrected chi connectivity index (χ1v) is 5.56. The van der Waals surface area contributed by atoms with Gasteiger partial charge < -0.3 is 10.8 Å². The Hall–Kier alpha value is -1.38. The number of nitrogens with two attached hydrogens (primary N) is 1. The number of aliphatic hydroxyl groups excluding tert-OH is 1. The normalized spacial score (nSPS) is 12.9. The maximum absolute atomic E-state index is 9.22. The fourth-order valence-corrected chi connectivity index (χ4v) is 1.95. The van der Waals surface area contributed by atoms with Crippen molar-refractivity contribution in [2.75, 3.05) is 13.2 Å². The van der Waals surface area contributed by atoms with E-state index in [1.807, 2.05) is 0 Å². The number of aliphatic hydroxyl groups is 1. The largest absolute Gasteiger partial charge is 0.396 e. The van der Waals surface area contributed by atoms with Gasteiger partial charge in [0.25, 0.3) is 0 Å². The van der Waals surface area contributed by atoms with Crippen LogP contribution >= 0.6 is 0 Å². The molecule has 2 aromatic rings. The van der Waals surface area contributed by atoms with E-state index in [2.05, 4.69) is 43.3 Å². The van der Waals surface area contributed by atoms with Gasteiger partial charge in [-0.2, -0.15) is 0 Å². The lowest BCUT2D eigenvalue weighted by atomic mass is 9.96. The molecule has 0 amide bonds. The van der Waals surface area contributed by atoms with Gasteiger partial charge in [0.1, 0.15) is 0 Å². The summed E-state index contributed by atoms with van der Waals surface area (Å²) in [5.41, 5.74) is 8.00. The Labute approximate surface area is 95.7 Å². The van der Waals surface area contributed by atoms with E-state index < -0.39 is 0 Å². The van der Waals surface area contributed by atoms with Crippen LogP contribution < -0.4 is 5.73 Å². The van der Waals surface area contributed by atoms with E-state index in [9.17, 15) is 5.11 Å². The smallest absolute Gasteiger partial charge is 0.0511 e. The van der Waals surface area contributed by atoms with Crippen LogP contribution in [0.3, 0.4) is 0 Å². The van der Waals surface area contributed by atoms with Crippen molar-refractivity contribution in [1.29, 1.82) is 0 Å². The number of rotatable bonds is 3. The van der Waals surface area contributed by atoms with Crippen molar-refractivity contribution in [2.24, 2.45) is 5.73 Å². The highest BCUT2D eigenvalue weighted by Crippen LogP contribution is 2.22. The van der Waals surface area contributed by atoms with Gasteiger partial charge in [0.05, 0.1) is 6.61 Å². The van der Waals surface area contributed by atoms with Crippen LogP contribution in [0.2, 0.25) is 0 Å². The molecular weight excluding hydrogens is 198 g/mol. The fraction of sp³-hybridized carbons (Fsp3) is 0.286. The average molecular weight is 215 g/mol. The Morgan fingerprint density at radius 3 is 2.50 bits per heavy atom. The first-order chi connectivity index (χ1) is 7.74. The third-order valence-electron chi connectivity index (χ3n) is 3.00. The van der Waals surface area contributed by atoms with Gasteiger partial charge in [0.15, 0.2) is 0 Å². The van der Waals surface area contributed by atoms with Crippen molar-refractivity contribution in [3.05, 3.63) is 47.5 Å². The van der Waals surface area contributed by atoms with E-state index in [-0.39, 0.29) is 12.5 Å². The lowest BCUT2D eigenvalue weighted by Crippen LogP contribution is -2.15. The fourth-order valence-electron chi connectivity index (χ4n) is 1.95. The van der Waals surface area contributed by atoms with Crippen molar-refractivity contribution >= 4 is 10.8 Å². The molecule has 1 unspecified atom stereocenters. The zero-order valence-corrected chi connectivity index (χ0v) is 9.48. The van der Waals surface area contributed by atoms with E-state index >= 15 is 0 Å². The standard InChI is InChI=1S/C14H17NO/c1-10-2-3-12-7-13(14(8-15)9-16)5-4-11(12)6-10/h2-7,14,16H,8-9,15H2,1H3. The highest BCUT2D eigenvalue weighted by Gasteiger charge is 2.08. The van der Waals surface area contributed by atoms with Crippen LogP contribution in [0.4, 0.5) is 0 Å². The molecule has 2 nitrogen and oxygen atoms in total. The number of fused-ring (bicyclic) bond motifs is 1. The molecule has 0 spiro atoms. The van der Waals surface area contributed by atoms with Crippen LogP contribution in [0.25, 0.3) is 10.8 Å². The molecule has 0 saturated carbocycles. The maximum Gasteiger partial charge on any atom is 0.0511 e. The van der Waals surface area contributed by atoms with Crippen LogP contribution in [0, 0.1) is 6.92 Å². The molecule has 0 aromatic heterocycles. The molecule has 0 aliphatic heterocycles.